The summed E-state index contributed by atoms with van der Waals surface area (Å²) in [4.78, 5) is 23.7. The number of carbonyl (C=O) groups is 2. The van der Waals surface area contributed by atoms with Crippen LogP contribution in [0.1, 0.15) is 64.2 Å². The number of fused-ring (bicyclic) bond motifs is 1. The first-order valence-electron chi connectivity index (χ1n) is 8.68. The maximum absolute atomic E-state index is 12.5. The Morgan fingerprint density at radius 3 is 2.38 bits per heavy atom. The standard InChI is InChI=1S/C17H27NO3/c19-16(18-15-7-3-6-14(15)17(20)21)13-9-8-11-4-1-2-5-12(11)10-13/h11-15H,1-10H2,(H,18,19)(H,20,21)/t11?,12?,13?,14-,15+/m1/s1. The van der Waals surface area contributed by atoms with Gasteiger partial charge in [0.25, 0.3) is 0 Å². The van der Waals surface area contributed by atoms with Crippen molar-refractivity contribution in [1.29, 1.82) is 0 Å². The zero-order valence-corrected chi connectivity index (χ0v) is 12.7. The van der Waals surface area contributed by atoms with E-state index in [4.69, 9.17) is 0 Å². The summed E-state index contributed by atoms with van der Waals surface area (Å²) in [5.74, 6) is 0.702. The molecule has 0 radical (unpaired) electrons. The molecule has 3 unspecified atom stereocenters. The summed E-state index contributed by atoms with van der Waals surface area (Å²) in [6.45, 7) is 0. The van der Waals surface area contributed by atoms with E-state index in [-0.39, 0.29) is 23.8 Å². The van der Waals surface area contributed by atoms with Gasteiger partial charge in [0.05, 0.1) is 5.92 Å². The van der Waals surface area contributed by atoms with Crippen molar-refractivity contribution >= 4 is 11.9 Å². The van der Waals surface area contributed by atoms with Crippen molar-refractivity contribution in [3.05, 3.63) is 0 Å². The molecule has 4 heteroatoms. The Balaban J connectivity index is 1.54. The summed E-state index contributed by atoms with van der Waals surface area (Å²) >= 11 is 0. The summed E-state index contributed by atoms with van der Waals surface area (Å²) in [6, 6.07) is -0.140. The first-order chi connectivity index (χ1) is 10.1. The highest BCUT2D eigenvalue weighted by Crippen LogP contribution is 2.42. The van der Waals surface area contributed by atoms with E-state index in [9.17, 15) is 14.7 Å². The van der Waals surface area contributed by atoms with E-state index in [1.54, 1.807) is 0 Å². The van der Waals surface area contributed by atoms with Crippen LogP contribution in [0.15, 0.2) is 0 Å². The lowest BCUT2D eigenvalue weighted by atomic mass is 9.67. The number of aliphatic carboxylic acids is 1. The average molecular weight is 293 g/mol. The van der Waals surface area contributed by atoms with Crippen LogP contribution in [-0.4, -0.2) is 23.0 Å². The topological polar surface area (TPSA) is 66.4 Å². The van der Waals surface area contributed by atoms with Crippen LogP contribution in [0.25, 0.3) is 0 Å². The van der Waals surface area contributed by atoms with Gasteiger partial charge in [-0.2, -0.15) is 0 Å². The highest BCUT2D eigenvalue weighted by atomic mass is 16.4. The van der Waals surface area contributed by atoms with Crippen molar-refractivity contribution in [2.45, 2.75) is 70.3 Å². The lowest BCUT2D eigenvalue weighted by Crippen LogP contribution is -2.44. The molecule has 0 aromatic heterocycles. The van der Waals surface area contributed by atoms with Gasteiger partial charge in [-0.05, 0) is 43.9 Å². The summed E-state index contributed by atoms with van der Waals surface area (Å²) in [5.41, 5.74) is 0. The van der Waals surface area contributed by atoms with Crippen LogP contribution in [0.2, 0.25) is 0 Å². The smallest absolute Gasteiger partial charge is 0.308 e. The number of hydrogen-bond acceptors (Lipinski definition) is 2. The Morgan fingerprint density at radius 2 is 1.62 bits per heavy atom. The molecular weight excluding hydrogens is 266 g/mol. The molecular formula is C17H27NO3. The lowest BCUT2D eigenvalue weighted by Gasteiger charge is -2.39. The van der Waals surface area contributed by atoms with Crippen LogP contribution in [0.3, 0.4) is 0 Å². The minimum Gasteiger partial charge on any atom is -0.481 e. The van der Waals surface area contributed by atoms with E-state index in [0.29, 0.717) is 6.42 Å². The maximum Gasteiger partial charge on any atom is 0.308 e. The molecule has 2 N–H and O–H groups in total. The van der Waals surface area contributed by atoms with Gasteiger partial charge in [-0.15, -0.1) is 0 Å². The summed E-state index contributed by atoms with van der Waals surface area (Å²) in [6.07, 6.45) is 11.0. The van der Waals surface area contributed by atoms with Crippen LogP contribution in [0, 0.1) is 23.7 Å². The van der Waals surface area contributed by atoms with Crippen molar-refractivity contribution < 1.29 is 14.7 Å². The Morgan fingerprint density at radius 1 is 0.857 bits per heavy atom. The van der Waals surface area contributed by atoms with Gasteiger partial charge < -0.3 is 10.4 Å². The Bertz CT molecular complexity index is 409. The highest BCUT2D eigenvalue weighted by Gasteiger charge is 2.38. The van der Waals surface area contributed by atoms with Gasteiger partial charge in [0.15, 0.2) is 0 Å². The number of hydrogen-bond donors (Lipinski definition) is 2. The summed E-state index contributed by atoms with van der Waals surface area (Å²) in [7, 11) is 0. The lowest BCUT2D eigenvalue weighted by molar-refractivity contribution is -0.142. The zero-order chi connectivity index (χ0) is 14.8. The van der Waals surface area contributed by atoms with Crippen molar-refractivity contribution in [2.24, 2.45) is 23.7 Å². The quantitative estimate of drug-likeness (QED) is 0.840. The molecule has 3 aliphatic carbocycles. The molecule has 5 atom stereocenters. The van der Waals surface area contributed by atoms with Gasteiger partial charge in [-0.1, -0.05) is 32.1 Å². The second-order valence-electron chi connectivity index (χ2n) is 7.31. The van der Waals surface area contributed by atoms with E-state index in [2.05, 4.69) is 5.32 Å². The molecule has 0 aromatic carbocycles. The Labute approximate surface area is 126 Å². The number of rotatable bonds is 3. The second kappa shape index (κ2) is 6.37. The summed E-state index contributed by atoms with van der Waals surface area (Å²) < 4.78 is 0. The van der Waals surface area contributed by atoms with E-state index >= 15 is 0 Å². The number of carboxylic acids is 1. The van der Waals surface area contributed by atoms with Crippen molar-refractivity contribution in [2.75, 3.05) is 0 Å². The summed E-state index contributed by atoms with van der Waals surface area (Å²) in [5, 5.41) is 12.3. The largest absolute Gasteiger partial charge is 0.481 e. The van der Waals surface area contributed by atoms with Crippen LogP contribution in [0.5, 0.6) is 0 Å². The number of carbonyl (C=O) groups excluding carboxylic acids is 1. The molecule has 0 aromatic rings. The molecule has 0 bridgehead atoms. The normalized spacial score (nSPS) is 39.5. The predicted octanol–water partition coefficient (Wildman–Crippen LogP) is 2.96. The molecule has 21 heavy (non-hydrogen) atoms. The van der Waals surface area contributed by atoms with Crippen LogP contribution >= 0.6 is 0 Å². The molecule has 3 saturated carbocycles. The van der Waals surface area contributed by atoms with Gasteiger partial charge in [0, 0.05) is 12.0 Å². The molecule has 3 rings (SSSR count). The van der Waals surface area contributed by atoms with Crippen LogP contribution in [-0.2, 0) is 9.59 Å². The van der Waals surface area contributed by atoms with Gasteiger partial charge in [0.1, 0.15) is 0 Å². The Kier molecular flexibility index (Phi) is 4.51. The minimum absolute atomic E-state index is 0.122. The maximum atomic E-state index is 12.5. The third kappa shape index (κ3) is 3.24. The molecule has 4 nitrogen and oxygen atoms in total. The van der Waals surface area contributed by atoms with Gasteiger partial charge in [0.2, 0.25) is 5.91 Å². The molecule has 1 amide bonds. The molecule has 118 valence electrons. The number of carboxylic acid groups (broad SMARTS) is 1. The molecule has 0 saturated heterocycles. The van der Waals surface area contributed by atoms with Crippen molar-refractivity contribution in [3.63, 3.8) is 0 Å². The number of nitrogens with one attached hydrogen (secondary N) is 1. The molecule has 3 fully saturated rings. The number of amides is 1. The monoisotopic (exact) mass is 293 g/mol. The first kappa shape index (κ1) is 14.9. The molecule has 0 aliphatic heterocycles. The van der Waals surface area contributed by atoms with E-state index in [1.165, 1.54) is 32.1 Å². The molecule has 3 aliphatic rings. The zero-order valence-electron chi connectivity index (χ0n) is 12.7. The fraction of sp³-hybridized carbons (Fsp3) is 0.882. The van der Waals surface area contributed by atoms with Crippen LogP contribution in [0.4, 0.5) is 0 Å². The van der Waals surface area contributed by atoms with Gasteiger partial charge in [-0.3, -0.25) is 9.59 Å². The second-order valence-corrected chi connectivity index (χ2v) is 7.31. The van der Waals surface area contributed by atoms with Crippen LogP contribution < -0.4 is 5.32 Å². The third-order valence-electron chi connectivity index (χ3n) is 6.07. The minimum atomic E-state index is -0.756. The molecule has 0 spiro atoms. The highest BCUT2D eigenvalue weighted by molar-refractivity contribution is 5.80. The van der Waals surface area contributed by atoms with E-state index in [0.717, 1.165) is 37.5 Å². The predicted molar refractivity (Wildman–Crippen MR) is 79.7 cm³/mol. The fourth-order valence-electron chi connectivity index (χ4n) is 4.84. The van der Waals surface area contributed by atoms with Gasteiger partial charge in [-0.25, -0.2) is 0 Å². The van der Waals surface area contributed by atoms with Crippen molar-refractivity contribution in [1.82, 2.24) is 5.32 Å². The SMILES string of the molecule is O=C(N[C@H]1CCC[C@H]1C(=O)O)C1CCC2CCCCC2C1. The molecule has 0 heterocycles. The van der Waals surface area contributed by atoms with Gasteiger partial charge >= 0.3 is 5.97 Å². The van der Waals surface area contributed by atoms with E-state index < -0.39 is 5.97 Å². The average Bonchev–Trinajstić information content (AvgIpc) is 2.95. The third-order valence-corrected chi connectivity index (χ3v) is 6.07. The first-order valence-corrected chi connectivity index (χ1v) is 8.68. The van der Waals surface area contributed by atoms with E-state index in [1.807, 2.05) is 0 Å². The van der Waals surface area contributed by atoms with Crippen molar-refractivity contribution in [3.8, 4) is 0 Å². The Hall–Kier alpha value is -1.06. The fourth-order valence-corrected chi connectivity index (χ4v) is 4.84.